The van der Waals surface area contributed by atoms with E-state index in [0.29, 0.717) is 12.2 Å². The number of hydrogen-bond donors (Lipinski definition) is 1. The third-order valence-electron chi connectivity index (χ3n) is 1.71. The molecule has 0 radical (unpaired) electrons. The molecule has 0 fully saturated rings. The molecule has 1 amide bonds. The first kappa shape index (κ1) is 10.6. The van der Waals surface area contributed by atoms with Crippen LogP contribution in [0.2, 0.25) is 0 Å². The van der Waals surface area contributed by atoms with E-state index in [1.54, 1.807) is 6.92 Å². The molecule has 1 rings (SSSR count). The highest BCUT2D eigenvalue weighted by molar-refractivity contribution is 5.92. The predicted molar refractivity (Wildman–Crippen MR) is 49.9 cm³/mol. The molecular weight excluding hydrogens is 184 g/mol. The Morgan fingerprint density at radius 2 is 2.21 bits per heavy atom. The van der Waals surface area contributed by atoms with E-state index in [9.17, 15) is 4.79 Å². The van der Waals surface area contributed by atoms with Gasteiger partial charge < -0.3 is 10.2 Å². The van der Waals surface area contributed by atoms with E-state index in [1.807, 2.05) is 19.0 Å². The molecule has 0 unspecified atom stereocenters. The summed E-state index contributed by atoms with van der Waals surface area (Å²) in [6.45, 7) is 3.05. The summed E-state index contributed by atoms with van der Waals surface area (Å²) in [6, 6.07) is 0. The van der Waals surface area contributed by atoms with Crippen molar-refractivity contribution in [1.82, 2.24) is 20.5 Å². The fraction of sp³-hybridized carbons (Fsp3) is 0.625. The average Bonchev–Trinajstić information content (AvgIpc) is 2.50. The van der Waals surface area contributed by atoms with E-state index in [4.69, 9.17) is 0 Å². The van der Waals surface area contributed by atoms with Crippen molar-refractivity contribution in [2.24, 2.45) is 0 Å². The molecule has 1 N–H and O–H groups in total. The van der Waals surface area contributed by atoms with Crippen LogP contribution in [0.5, 0.6) is 0 Å². The summed E-state index contributed by atoms with van der Waals surface area (Å²) in [5.74, 6) is -0.245. The second-order valence-electron chi connectivity index (χ2n) is 3.26. The minimum atomic E-state index is -0.245. The fourth-order valence-electron chi connectivity index (χ4n) is 0.914. The molecule has 0 aliphatic rings. The van der Waals surface area contributed by atoms with Gasteiger partial charge in [0, 0.05) is 13.1 Å². The molecule has 0 aliphatic heterocycles. The van der Waals surface area contributed by atoms with Crippen molar-refractivity contribution in [1.29, 1.82) is 0 Å². The highest BCUT2D eigenvalue weighted by Gasteiger charge is 2.13. The quantitative estimate of drug-likeness (QED) is 0.717. The molecule has 1 aromatic rings. The second kappa shape index (κ2) is 4.71. The molecule has 0 saturated carbocycles. The Morgan fingerprint density at radius 1 is 1.50 bits per heavy atom. The van der Waals surface area contributed by atoms with E-state index in [2.05, 4.69) is 20.3 Å². The first-order valence-corrected chi connectivity index (χ1v) is 4.33. The molecule has 6 heteroatoms. The van der Waals surface area contributed by atoms with Crippen LogP contribution in [0.25, 0.3) is 0 Å². The van der Waals surface area contributed by atoms with Gasteiger partial charge in [0.2, 0.25) is 0 Å². The van der Waals surface area contributed by atoms with Crippen LogP contribution < -0.4 is 5.32 Å². The number of aromatic nitrogens is 2. The zero-order chi connectivity index (χ0) is 10.6. The number of amides is 1. The standard InChI is InChI=1S/C8H14N4O2/c1-6-7(11-14-10-6)8(13)9-4-5-12(2)3/h4-5H2,1-3H3,(H,9,13). The number of aryl methyl sites for hydroxylation is 1. The summed E-state index contributed by atoms with van der Waals surface area (Å²) < 4.78 is 4.42. The molecule has 0 bridgehead atoms. The molecule has 1 heterocycles. The Kier molecular flexibility index (Phi) is 3.58. The number of rotatable bonds is 4. The minimum Gasteiger partial charge on any atom is -0.349 e. The molecule has 78 valence electrons. The lowest BCUT2D eigenvalue weighted by Gasteiger charge is -2.09. The normalized spacial score (nSPS) is 10.6. The van der Waals surface area contributed by atoms with Crippen LogP contribution in [-0.2, 0) is 0 Å². The molecule has 0 saturated heterocycles. The van der Waals surface area contributed by atoms with Crippen molar-refractivity contribution in [2.45, 2.75) is 6.92 Å². The summed E-state index contributed by atoms with van der Waals surface area (Å²) in [5, 5.41) is 9.74. The van der Waals surface area contributed by atoms with Crippen molar-refractivity contribution < 1.29 is 9.42 Å². The average molecular weight is 198 g/mol. The smallest absolute Gasteiger partial charge is 0.275 e. The molecule has 0 atom stereocenters. The Labute approximate surface area is 82.2 Å². The first-order chi connectivity index (χ1) is 6.61. The Bertz CT molecular complexity index is 308. The summed E-state index contributed by atoms with van der Waals surface area (Å²) >= 11 is 0. The van der Waals surface area contributed by atoms with Gasteiger partial charge in [-0.05, 0) is 26.2 Å². The lowest BCUT2D eigenvalue weighted by Crippen LogP contribution is -2.31. The predicted octanol–water partition coefficient (Wildman–Crippen LogP) is -0.331. The maximum Gasteiger partial charge on any atom is 0.275 e. The van der Waals surface area contributed by atoms with Crippen molar-refractivity contribution in [2.75, 3.05) is 27.2 Å². The maximum absolute atomic E-state index is 11.4. The maximum atomic E-state index is 11.4. The third kappa shape index (κ3) is 2.81. The summed E-state index contributed by atoms with van der Waals surface area (Å²) in [6.07, 6.45) is 0. The van der Waals surface area contributed by atoms with Gasteiger partial charge >= 0.3 is 0 Å². The van der Waals surface area contributed by atoms with Crippen LogP contribution in [0, 0.1) is 6.92 Å². The number of nitrogens with one attached hydrogen (secondary N) is 1. The van der Waals surface area contributed by atoms with E-state index in [1.165, 1.54) is 0 Å². The van der Waals surface area contributed by atoms with Gasteiger partial charge in [0.15, 0.2) is 5.69 Å². The molecule has 14 heavy (non-hydrogen) atoms. The zero-order valence-electron chi connectivity index (χ0n) is 8.57. The SMILES string of the molecule is Cc1nonc1C(=O)NCCN(C)C. The van der Waals surface area contributed by atoms with E-state index >= 15 is 0 Å². The monoisotopic (exact) mass is 198 g/mol. The summed E-state index contributed by atoms with van der Waals surface area (Å²) in [7, 11) is 3.88. The lowest BCUT2D eigenvalue weighted by atomic mass is 10.3. The molecule has 1 aromatic heterocycles. The largest absolute Gasteiger partial charge is 0.349 e. The van der Waals surface area contributed by atoms with Gasteiger partial charge in [0.25, 0.3) is 5.91 Å². The van der Waals surface area contributed by atoms with Crippen LogP contribution in [0.15, 0.2) is 4.63 Å². The summed E-state index contributed by atoms with van der Waals surface area (Å²) in [4.78, 5) is 13.4. The number of carbonyl (C=O) groups excluding carboxylic acids is 1. The van der Waals surface area contributed by atoms with Crippen LogP contribution in [0.1, 0.15) is 16.2 Å². The van der Waals surface area contributed by atoms with Gasteiger partial charge in [0.1, 0.15) is 5.69 Å². The Hall–Kier alpha value is -1.43. The van der Waals surface area contributed by atoms with Crippen molar-refractivity contribution >= 4 is 5.91 Å². The number of nitrogens with zero attached hydrogens (tertiary/aromatic N) is 3. The highest BCUT2D eigenvalue weighted by Crippen LogP contribution is 1.98. The Morgan fingerprint density at radius 3 is 2.71 bits per heavy atom. The second-order valence-corrected chi connectivity index (χ2v) is 3.26. The molecule has 0 aromatic carbocycles. The lowest BCUT2D eigenvalue weighted by molar-refractivity contribution is 0.0941. The first-order valence-electron chi connectivity index (χ1n) is 4.33. The fourth-order valence-corrected chi connectivity index (χ4v) is 0.914. The number of likely N-dealkylation sites (N-methyl/N-ethyl adjacent to an activating group) is 1. The van der Waals surface area contributed by atoms with Crippen molar-refractivity contribution in [3.63, 3.8) is 0 Å². The molecule has 0 spiro atoms. The van der Waals surface area contributed by atoms with Gasteiger partial charge in [0.05, 0.1) is 0 Å². The molecule has 6 nitrogen and oxygen atoms in total. The van der Waals surface area contributed by atoms with Gasteiger partial charge in [-0.1, -0.05) is 5.16 Å². The third-order valence-corrected chi connectivity index (χ3v) is 1.71. The van der Waals surface area contributed by atoms with E-state index in [0.717, 1.165) is 6.54 Å². The number of hydrogen-bond acceptors (Lipinski definition) is 5. The van der Waals surface area contributed by atoms with Gasteiger partial charge in [-0.2, -0.15) is 0 Å². The number of carbonyl (C=O) groups is 1. The summed E-state index contributed by atoms with van der Waals surface area (Å²) in [5.41, 5.74) is 0.760. The van der Waals surface area contributed by atoms with Crippen LogP contribution in [0.3, 0.4) is 0 Å². The van der Waals surface area contributed by atoms with Crippen LogP contribution in [-0.4, -0.2) is 48.3 Å². The minimum absolute atomic E-state index is 0.245. The van der Waals surface area contributed by atoms with E-state index < -0.39 is 0 Å². The van der Waals surface area contributed by atoms with Crippen LogP contribution >= 0.6 is 0 Å². The van der Waals surface area contributed by atoms with E-state index in [-0.39, 0.29) is 11.6 Å². The van der Waals surface area contributed by atoms with Gasteiger partial charge in [-0.3, -0.25) is 4.79 Å². The Balaban J connectivity index is 2.40. The van der Waals surface area contributed by atoms with Crippen LogP contribution in [0.4, 0.5) is 0 Å². The van der Waals surface area contributed by atoms with Gasteiger partial charge in [-0.15, -0.1) is 0 Å². The molecule has 0 aliphatic carbocycles. The highest BCUT2D eigenvalue weighted by atomic mass is 16.6. The van der Waals surface area contributed by atoms with Crippen molar-refractivity contribution in [3.05, 3.63) is 11.4 Å². The van der Waals surface area contributed by atoms with Gasteiger partial charge in [-0.25, -0.2) is 4.63 Å². The molecular formula is C8H14N4O2. The van der Waals surface area contributed by atoms with Crippen molar-refractivity contribution in [3.8, 4) is 0 Å². The topological polar surface area (TPSA) is 71.3 Å². The zero-order valence-corrected chi connectivity index (χ0v) is 8.57.